The molecule has 0 aromatic heterocycles. The summed E-state index contributed by atoms with van der Waals surface area (Å²) in [6.45, 7) is 2.23. The predicted octanol–water partition coefficient (Wildman–Crippen LogP) is 2.04. The fraction of sp³-hybridized carbons (Fsp3) is 0.611. The van der Waals surface area contributed by atoms with E-state index in [2.05, 4.69) is 5.32 Å². The zero-order valence-electron chi connectivity index (χ0n) is 13.3. The predicted molar refractivity (Wildman–Crippen MR) is 84.4 cm³/mol. The molecule has 0 spiro atoms. The maximum Gasteiger partial charge on any atom is 0.236 e. The first-order valence-electron chi connectivity index (χ1n) is 8.57. The number of morpholine rings is 1. The summed E-state index contributed by atoms with van der Waals surface area (Å²) in [5.74, 6) is 0.542. The van der Waals surface area contributed by atoms with Gasteiger partial charge in [-0.3, -0.25) is 10.1 Å². The molecule has 1 aliphatic heterocycles. The molecular formula is C18H23FN2O2. The third kappa shape index (κ3) is 3.00. The van der Waals surface area contributed by atoms with Crippen molar-refractivity contribution in [2.75, 3.05) is 26.3 Å². The minimum Gasteiger partial charge on any atom is -0.377 e. The lowest BCUT2D eigenvalue weighted by Gasteiger charge is -2.36. The Morgan fingerprint density at radius 3 is 2.83 bits per heavy atom. The summed E-state index contributed by atoms with van der Waals surface area (Å²) in [7, 11) is 0. The van der Waals surface area contributed by atoms with Crippen molar-refractivity contribution in [3.05, 3.63) is 35.6 Å². The summed E-state index contributed by atoms with van der Waals surface area (Å²) >= 11 is 0. The number of benzene rings is 1. The molecule has 5 heteroatoms. The summed E-state index contributed by atoms with van der Waals surface area (Å²) in [5, 5.41) is 3.33. The maximum absolute atomic E-state index is 14.0. The highest BCUT2D eigenvalue weighted by atomic mass is 19.1. The number of hydrogen-bond donors (Lipinski definition) is 1. The van der Waals surface area contributed by atoms with Crippen LogP contribution < -0.4 is 5.32 Å². The zero-order valence-corrected chi connectivity index (χ0v) is 13.3. The van der Waals surface area contributed by atoms with Gasteiger partial charge in [0.05, 0.1) is 25.8 Å². The molecule has 4 rings (SSSR count). The molecule has 2 saturated carbocycles. The number of amides is 1. The van der Waals surface area contributed by atoms with Crippen molar-refractivity contribution >= 4 is 5.91 Å². The first kappa shape index (κ1) is 15.1. The molecule has 3 fully saturated rings. The van der Waals surface area contributed by atoms with Gasteiger partial charge in [0, 0.05) is 17.6 Å². The molecule has 1 aromatic carbocycles. The van der Waals surface area contributed by atoms with E-state index in [1.165, 1.54) is 18.9 Å². The standard InChI is InChI=1S/C18H23FN2O2/c19-15-4-2-1-3-14(15)18(7-8-18)20-11-17(22)21-9-10-23-12-16(21)13-5-6-13/h1-4,13,16,20H,5-12H2. The molecule has 3 aliphatic rings. The van der Waals surface area contributed by atoms with Crippen molar-refractivity contribution in [2.45, 2.75) is 37.3 Å². The normalized spacial score (nSPS) is 26.1. The third-order valence-corrected chi connectivity index (χ3v) is 5.37. The molecule has 1 N–H and O–H groups in total. The summed E-state index contributed by atoms with van der Waals surface area (Å²) < 4.78 is 19.6. The number of ether oxygens (including phenoxy) is 1. The highest BCUT2D eigenvalue weighted by molar-refractivity contribution is 5.79. The lowest BCUT2D eigenvalue weighted by atomic mass is 10.0. The summed E-state index contributed by atoms with van der Waals surface area (Å²) in [5.41, 5.74) is 0.344. The number of carbonyl (C=O) groups excluding carboxylic acids is 1. The van der Waals surface area contributed by atoms with Crippen molar-refractivity contribution in [3.8, 4) is 0 Å². The molecule has 0 bridgehead atoms. The molecule has 1 amide bonds. The van der Waals surface area contributed by atoms with Crippen molar-refractivity contribution < 1.29 is 13.9 Å². The van der Waals surface area contributed by atoms with E-state index in [1.54, 1.807) is 6.07 Å². The van der Waals surface area contributed by atoms with Gasteiger partial charge in [0.25, 0.3) is 0 Å². The van der Waals surface area contributed by atoms with Gasteiger partial charge in [0.1, 0.15) is 5.82 Å². The Bertz CT molecular complexity index is 598. The van der Waals surface area contributed by atoms with Crippen molar-refractivity contribution in [1.29, 1.82) is 0 Å². The Kier molecular flexibility index (Phi) is 3.85. The molecule has 1 atom stereocenters. The smallest absolute Gasteiger partial charge is 0.236 e. The van der Waals surface area contributed by atoms with Gasteiger partial charge in [-0.05, 0) is 37.7 Å². The molecule has 1 aromatic rings. The highest BCUT2D eigenvalue weighted by Gasteiger charge is 2.46. The Hall–Kier alpha value is -1.46. The number of nitrogens with zero attached hydrogens (tertiary/aromatic N) is 1. The fourth-order valence-electron chi connectivity index (χ4n) is 3.67. The monoisotopic (exact) mass is 318 g/mol. The van der Waals surface area contributed by atoms with E-state index in [1.807, 2.05) is 17.0 Å². The average molecular weight is 318 g/mol. The number of nitrogens with one attached hydrogen (secondary N) is 1. The Morgan fingerprint density at radius 2 is 2.13 bits per heavy atom. The summed E-state index contributed by atoms with van der Waals surface area (Å²) in [6, 6.07) is 7.11. The summed E-state index contributed by atoms with van der Waals surface area (Å²) in [4.78, 5) is 14.6. The van der Waals surface area contributed by atoms with Crippen LogP contribution in [0.15, 0.2) is 24.3 Å². The van der Waals surface area contributed by atoms with Gasteiger partial charge >= 0.3 is 0 Å². The van der Waals surface area contributed by atoms with E-state index >= 15 is 0 Å². The zero-order chi connectivity index (χ0) is 15.9. The number of carbonyl (C=O) groups is 1. The van der Waals surface area contributed by atoms with Crippen LogP contribution in [0.4, 0.5) is 4.39 Å². The maximum atomic E-state index is 14.0. The summed E-state index contributed by atoms with van der Waals surface area (Å²) in [6.07, 6.45) is 4.17. The molecule has 4 nitrogen and oxygen atoms in total. The van der Waals surface area contributed by atoms with Gasteiger partial charge in [-0.25, -0.2) is 4.39 Å². The quantitative estimate of drug-likeness (QED) is 0.903. The van der Waals surface area contributed by atoms with Crippen molar-refractivity contribution in [2.24, 2.45) is 5.92 Å². The molecule has 0 radical (unpaired) electrons. The van der Waals surface area contributed by atoms with Crippen LogP contribution in [0.1, 0.15) is 31.2 Å². The van der Waals surface area contributed by atoms with E-state index in [9.17, 15) is 9.18 Å². The van der Waals surface area contributed by atoms with Gasteiger partial charge in [0.2, 0.25) is 5.91 Å². The third-order valence-electron chi connectivity index (χ3n) is 5.37. The van der Waals surface area contributed by atoms with Crippen LogP contribution in [0.2, 0.25) is 0 Å². The van der Waals surface area contributed by atoms with Crippen LogP contribution >= 0.6 is 0 Å². The minimum absolute atomic E-state index is 0.118. The van der Waals surface area contributed by atoms with Crippen LogP contribution in [0, 0.1) is 11.7 Å². The first-order valence-corrected chi connectivity index (χ1v) is 8.57. The Balaban J connectivity index is 1.40. The Labute approximate surface area is 136 Å². The molecule has 1 heterocycles. The van der Waals surface area contributed by atoms with Gasteiger partial charge in [-0.15, -0.1) is 0 Å². The van der Waals surface area contributed by atoms with E-state index in [-0.39, 0.29) is 29.8 Å². The van der Waals surface area contributed by atoms with Crippen LogP contribution in [0.3, 0.4) is 0 Å². The van der Waals surface area contributed by atoms with E-state index in [0.29, 0.717) is 31.2 Å². The average Bonchev–Trinajstić information content (AvgIpc) is 3.48. The van der Waals surface area contributed by atoms with Crippen molar-refractivity contribution in [3.63, 3.8) is 0 Å². The van der Waals surface area contributed by atoms with Gasteiger partial charge < -0.3 is 9.64 Å². The second-order valence-electron chi connectivity index (χ2n) is 6.98. The lowest BCUT2D eigenvalue weighted by Crippen LogP contribution is -2.53. The largest absolute Gasteiger partial charge is 0.377 e. The molecule has 124 valence electrons. The van der Waals surface area contributed by atoms with Gasteiger partial charge in [-0.1, -0.05) is 18.2 Å². The topological polar surface area (TPSA) is 41.6 Å². The minimum atomic E-state index is -0.345. The SMILES string of the molecule is O=C(CNC1(c2ccccc2F)CC1)N1CCOCC1C1CC1. The van der Waals surface area contributed by atoms with E-state index in [4.69, 9.17) is 4.74 Å². The van der Waals surface area contributed by atoms with E-state index < -0.39 is 0 Å². The molecular weight excluding hydrogens is 295 g/mol. The van der Waals surface area contributed by atoms with Crippen LogP contribution in [-0.2, 0) is 15.1 Å². The van der Waals surface area contributed by atoms with Gasteiger partial charge in [-0.2, -0.15) is 0 Å². The number of halogens is 1. The number of rotatable bonds is 5. The molecule has 1 unspecified atom stereocenters. The number of hydrogen-bond acceptors (Lipinski definition) is 3. The Morgan fingerprint density at radius 1 is 1.35 bits per heavy atom. The van der Waals surface area contributed by atoms with E-state index in [0.717, 1.165) is 12.8 Å². The fourth-order valence-corrected chi connectivity index (χ4v) is 3.67. The first-order chi connectivity index (χ1) is 11.2. The van der Waals surface area contributed by atoms with Crippen molar-refractivity contribution in [1.82, 2.24) is 10.2 Å². The van der Waals surface area contributed by atoms with Gasteiger partial charge in [0.15, 0.2) is 0 Å². The van der Waals surface area contributed by atoms with Crippen LogP contribution in [0.25, 0.3) is 0 Å². The lowest BCUT2D eigenvalue weighted by molar-refractivity contribution is -0.140. The second kappa shape index (κ2) is 5.87. The highest BCUT2D eigenvalue weighted by Crippen LogP contribution is 2.46. The second-order valence-corrected chi connectivity index (χ2v) is 6.98. The van der Waals surface area contributed by atoms with Crippen LogP contribution in [-0.4, -0.2) is 43.2 Å². The molecule has 2 aliphatic carbocycles. The molecule has 23 heavy (non-hydrogen) atoms. The van der Waals surface area contributed by atoms with Crippen LogP contribution in [0.5, 0.6) is 0 Å². The molecule has 1 saturated heterocycles.